The lowest BCUT2D eigenvalue weighted by molar-refractivity contribution is -0.142. The van der Waals surface area contributed by atoms with Crippen LogP contribution in [-0.2, 0) is 9.59 Å². The summed E-state index contributed by atoms with van der Waals surface area (Å²) in [6.07, 6.45) is 3.10. The summed E-state index contributed by atoms with van der Waals surface area (Å²) in [4.78, 5) is 22.6. The largest absolute Gasteiger partial charge is 0.493 e. The minimum Gasteiger partial charge on any atom is -0.493 e. The van der Waals surface area contributed by atoms with Crippen LogP contribution < -0.4 is 10.1 Å². The van der Waals surface area contributed by atoms with Crippen LogP contribution in [0.15, 0.2) is 24.8 Å². The van der Waals surface area contributed by atoms with Crippen LogP contribution in [0, 0.1) is 18.8 Å². The summed E-state index contributed by atoms with van der Waals surface area (Å²) >= 11 is 0. The molecule has 1 aromatic carbocycles. The van der Waals surface area contributed by atoms with Gasteiger partial charge in [0.25, 0.3) is 0 Å². The third-order valence-corrected chi connectivity index (χ3v) is 5.18. The monoisotopic (exact) mass is 375 g/mol. The Morgan fingerprint density at radius 3 is 2.63 bits per heavy atom. The number of carbonyl (C=O) groups is 2. The van der Waals surface area contributed by atoms with Gasteiger partial charge in [0.05, 0.1) is 13.0 Å². The molecule has 148 valence electrons. The zero-order valence-electron chi connectivity index (χ0n) is 16.0. The van der Waals surface area contributed by atoms with Crippen LogP contribution in [0.4, 0.5) is 0 Å². The Kier molecular flexibility index (Phi) is 7.42. The number of nitrogens with one attached hydrogen (secondary N) is 1. The van der Waals surface area contributed by atoms with Crippen molar-refractivity contribution in [3.05, 3.63) is 35.9 Å². The van der Waals surface area contributed by atoms with Gasteiger partial charge in [0.1, 0.15) is 11.8 Å². The molecule has 1 aromatic rings. The standard InChI is InChI=1S/C21H29NO5/c1-4-5-6-9-27-18-8-7-15(10-13(18)2)14(3)17-12-22-20(21(25)26)16(17)11-19(23)24/h7-8,10,16-17,20,22H,3-6,9,11-12H2,1-2H3,(H,23,24)(H,25,26)/t16-,17+,20-/m0/s1. The van der Waals surface area contributed by atoms with Crippen LogP contribution in [0.5, 0.6) is 5.75 Å². The second-order valence-electron chi connectivity index (χ2n) is 7.15. The van der Waals surface area contributed by atoms with Crippen LogP contribution in [0.2, 0.25) is 0 Å². The molecule has 6 nitrogen and oxygen atoms in total. The lowest BCUT2D eigenvalue weighted by Crippen LogP contribution is -2.36. The van der Waals surface area contributed by atoms with Gasteiger partial charge in [-0.1, -0.05) is 32.4 Å². The molecule has 2 rings (SSSR count). The predicted octanol–water partition coefficient (Wildman–Crippen LogP) is 3.34. The number of carboxylic acid groups (broad SMARTS) is 2. The minimum atomic E-state index is -1.02. The van der Waals surface area contributed by atoms with Crippen LogP contribution in [0.25, 0.3) is 5.57 Å². The Bertz CT molecular complexity index is 700. The normalized spacial score (nSPS) is 21.8. The summed E-state index contributed by atoms with van der Waals surface area (Å²) in [6, 6.07) is 4.93. The predicted molar refractivity (Wildman–Crippen MR) is 104 cm³/mol. The molecule has 1 heterocycles. The second kappa shape index (κ2) is 9.55. The van der Waals surface area contributed by atoms with Crippen LogP contribution >= 0.6 is 0 Å². The number of ether oxygens (including phenoxy) is 1. The van der Waals surface area contributed by atoms with Gasteiger partial charge in [-0.2, -0.15) is 0 Å². The number of rotatable bonds is 10. The molecular weight excluding hydrogens is 346 g/mol. The molecule has 1 aliphatic rings. The van der Waals surface area contributed by atoms with Crippen molar-refractivity contribution in [2.45, 2.75) is 45.6 Å². The number of aliphatic carboxylic acids is 2. The molecule has 0 spiro atoms. The number of carboxylic acids is 2. The van der Waals surface area contributed by atoms with Crippen molar-refractivity contribution in [3.8, 4) is 5.75 Å². The average molecular weight is 375 g/mol. The van der Waals surface area contributed by atoms with Gasteiger partial charge in [-0.05, 0) is 42.2 Å². The second-order valence-corrected chi connectivity index (χ2v) is 7.15. The van der Waals surface area contributed by atoms with E-state index in [0.29, 0.717) is 13.2 Å². The third-order valence-electron chi connectivity index (χ3n) is 5.18. The maximum atomic E-state index is 11.4. The van der Waals surface area contributed by atoms with Gasteiger partial charge in [-0.15, -0.1) is 0 Å². The number of hydrogen-bond donors (Lipinski definition) is 3. The Balaban J connectivity index is 2.12. The molecular formula is C21H29NO5. The number of aryl methyl sites for hydroxylation is 1. The fourth-order valence-corrected chi connectivity index (χ4v) is 3.66. The molecule has 1 aliphatic heterocycles. The summed E-state index contributed by atoms with van der Waals surface area (Å²) in [6.45, 7) is 9.35. The lowest BCUT2D eigenvalue weighted by atomic mass is 9.80. The van der Waals surface area contributed by atoms with Gasteiger partial charge in [-0.25, -0.2) is 0 Å². The average Bonchev–Trinajstić information content (AvgIpc) is 3.02. The first kappa shape index (κ1) is 21.0. The molecule has 3 N–H and O–H groups in total. The SMILES string of the molecule is C=C(c1ccc(OCCCCC)c(C)c1)[C@H]1CN[C@H](C(=O)O)[C@H]1CC(=O)O. The molecule has 0 bridgehead atoms. The van der Waals surface area contributed by atoms with E-state index < -0.39 is 23.9 Å². The molecule has 1 fully saturated rings. The van der Waals surface area contributed by atoms with E-state index in [1.807, 2.05) is 25.1 Å². The van der Waals surface area contributed by atoms with Crippen molar-refractivity contribution >= 4 is 17.5 Å². The first-order valence-corrected chi connectivity index (χ1v) is 9.45. The molecule has 0 saturated carbocycles. The van der Waals surface area contributed by atoms with Gasteiger partial charge in [-0.3, -0.25) is 9.59 Å². The van der Waals surface area contributed by atoms with Gasteiger partial charge in [0.15, 0.2) is 0 Å². The summed E-state index contributed by atoms with van der Waals surface area (Å²) in [7, 11) is 0. The van der Waals surface area contributed by atoms with E-state index in [2.05, 4.69) is 18.8 Å². The van der Waals surface area contributed by atoms with E-state index in [1.54, 1.807) is 0 Å². The van der Waals surface area contributed by atoms with E-state index in [9.17, 15) is 19.8 Å². The Hall–Kier alpha value is -2.34. The van der Waals surface area contributed by atoms with Crippen molar-refractivity contribution in [1.82, 2.24) is 5.32 Å². The van der Waals surface area contributed by atoms with Crippen LogP contribution in [0.1, 0.15) is 43.7 Å². The third kappa shape index (κ3) is 5.32. The minimum absolute atomic E-state index is 0.203. The summed E-state index contributed by atoms with van der Waals surface area (Å²) in [5.74, 6) is -1.96. The van der Waals surface area contributed by atoms with Crippen molar-refractivity contribution in [2.24, 2.45) is 11.8 Å². The van der Waals surface area contributed by atoms with Crippen LogP contribution in [-0.4, -0.2) is 41.3 Å². The fraction of sp³-hybridized carbons (Fsp3) is 0.524. The van der Waals surface area contributed by atoms with Crippen molar-refractivity contribution < 1.29 is 24.5 Å². The van der Waals surface area contributed by atoms with Gasteiger partial charge in [0, 0.05) is 18.4 Å². The molecule has 0 amide bonds. The first-order chi connectivity index (χ1) is 12.8. The fourth-order valence-electron chi connectivity index (χ4n) is 3.66. The first-order valence-electron chi connectivity index (χ1n) is 9.45. The highest BCUT2D eigenvalue weighted by Crippen LogP contribution is 2.37. The summed E-state index contributed by atoms with van der Waals surface area (Å²) < 4.78 is 5.82. The summed E-state index contributed by atoms with van der Waals surface area (Å²) in [5, 5.41) is 21.5. The quantitative estimate of drug-likeness (QED) is 0.543. The molecule has 0 aromatic heterocycles. The molecule has 0 radical (unpaired) electrons. The molecule has 27 heavy (non-hydrogen) atoms. The van der Waals surface area contributed by atoms with Crippen molar-refractivity contribution in [2.75, 3.05) is 13.2 Å². The highest BCUT2D eigenvalue weighted by atomic mass is 16.5. The highest BCUT2D eigenvalue weighted by molar-refractivity contribution is 5.78. The lowest BCUT2D eigenvalue weighted by Gasteiger charge is -2.23. The number of benzene rings is 1. The zero-order chi connectivity index (χ0) is 20.0. The topological polar surface area (TPSA) is 95.9 Å². The molecule has 1 saturated heterocycles. The van der Waals surface area contributed by atoms with E-state index in [-0.39, 0.29) is 12.3 Å². The van der Waals surface area contributed by atoms with E-state index in [1.165, 1.54) is 0 Å². The molecule has 0 unspecified atom stereocenters. The van der Waals surface area contributed by atoms with Crippen molar-refractivity contribution in [3.63, 3.8) is 0 Å². The molecule has 6 heteroatoms. The molecule has 0 aliphatic carbocycles. The number of hydrogen-bond acceptors (Lipinski definition) is 4. The Morgan fingerprint density at radius 2 is 2.04 bits per heavy atom. The number of unbranched alkanes of at least 4 members (excludes halogenated alkanes) is 2. The maximum absolute atomic E-state index is 11.4. The zero-order valence-corrected chi connectivity index (χ0v) is 16.0. The van der Waals surface area contributed by atoms with Gasteiger partial charge < -0.3 is 20.3 Å². The van der Waals surface area contributed by atoms with E-state index >= 15 is 0 Å². The highest BCUT2D eigenvalue weighted by Gasteiger charge is 2.42. The molecule has 3 atom stereocenters. The van der Waals surface area contributed by atoms with Crippen LogP contribution in [0.3, 0.4) is 0 Å². The van der Waals surface area contributed by atoms with Gasteiger partial charge in [0.2, 0.25) is 0 Å². The van der Waals surface area contributed by atoms with E-state index in [4.69, 9.17) is 4.74 Å². The summed E-state index contributed by atoms with van der Waals surface area (Å²) in [5.41, 5.74) is 2.64. The maximum Gasteiger partial charge on any atom is 0.321 e. The van der Waals surface area contributed by atoms with E-state index in [0.717, 1.165) is 41.7 Å². The Labute approximate surface area is 160 Å². The Morgan fingerprint density at radius 1 is 1.30 bits per heavy atom. The smallest absolute Gasteiger partial charge is 0.321 e. The van der Waals surface area contributed by atoms with Gasteiger partial charge >= 0.3 is 11.9 Å². The van der Waals surface area contributed by atoms with Crippen molar-refractivity contribution in [1.29, 1.82) is 0 Å².